The van der Waals surface area contributed by atoms with E-state index >= 15 is 0 Å². The van der Waals surface area contributed by atoms with Crippen LogP contribution >= 0.6 is 0 Å². The largest absolute Gasteiger partial charge is 0.296 e. The Morgan fingerprint density at radius 1 is 1.30 bits per heavy atom. The van der Waals surface area contributed by atoms with Crippen LogP contribution < -0.4 is 0 Å². The predicted molar refractivity (Wildman–Crippen MR) is 70.7 cm³/mol. The normalized spacial score (nSPS) is 11.5. The number of hydrogen-bond acceptors (Lipinski definition) is 4. The Morgan fingerprint density at radius 3 is 2.55 bits per heavy atom. The summed E-state index contributed by atoms with van der Waals surface area (Å²) in [7, 11) is -3.82. The highest BCUT2D eigenvalue weighted by atomic mass is 32.2. The van der Waals surface area contributed by atoms with Gasteiger partial charge in [-0.3, -0.25) is 4.79 Å². The summed E-state index contributed by atoms with van der Waals surface area (Å²) in [5, 5.41) is 0. The van der Waals surface area contributed by atoms with Gasteiger partial charge in [0.2, 0.25) is 0 Å². The number of carbonyl (C=O) groups is 1. The van der Waals surface area contributed by atoms with Gasteiger partial charge in [0.15, 0.2) is 5.78 Å². The van der Waals surface area contributed by atoms with Gasteiger partial charge >= 0.3 is 0 Å². The summed E-state index contributed by atoms with van der Waals surface area (Å²) >= 11 is 0. The molecule has 5 nitrogen and oxygen atoms in total. The first kappa shape index (κ1) is 14.4. The third-order valence-corrected chi connectivity index (χ3v) is 4.50. The summed E-state index contributed by atoms with van der Waals surface area (Å²) in [5.74, 6) is -0.689. The van der Waals surface area contributed by atoms with Gasteiger partial charge < -0.3 is 0 Å². The van der Waals surface area contributed by atoms with E-state index in [0.717, 1.165) is 15.9 Å². The van der Waals surface area contributed by atoms with Gasteiger partial charge in [-0.25, -0.2) is 21.8 Å². The van der Waals surface area contributed by atoms with Crippen molar-refractivity contribution in [2.24, 2.45) is 0 Å². The topological polar surface area (TPSA) is 69.0 Å². The zero-order chi connectivity index (χ0) is 14.8. The molecule has 0 amide bonds. The SMILES string of the molecule is Cc1ccc(S(=O)(=O)n2cncc2CC(=O)CF)cc1. The van der Waals surface area contributed by atoms with Gasteiger partial charge in [0.05, 0.1) is 17.0 Å². The number of aromatic nitrogens is 2. The van der Waals surface area contributed by atoms with Gasteiger partial charge in [-0.15, -0.1) is 0 Å². The lowest BCUT2D eigenvalue weighted by atomic mass is 10.2. The zero-order valence-electron chi connectivity index (χ0n) is 10.8. The van der Waals surface area contributed by atoms with Gasteiger partial charge in [0, 0.05) is 6.20 Å². The Bertz CT molecular complexity index is 720. The first-order chi connectivity index (χ1) is 9.45. The van der Waals surface area contributed by atoms with Crippen molar-refractivity contribution in [3.8, 4) is 0 Å². The maximum Gasteiger partial charge on any atom is 0.269 e. The predicted octanol–water partition coefficient (Wildman–Crippen LogP) is 1.51. The lowest BCUT2D eigenvalue weighted by Crippen LogP contribution is -2.17. The molecule has 0 saturated heterocycles. The number of nitrogens with zero attached hydrogens (tertiary/aromatic N) is 2. The molecule has 1 aromatic carbocycles. The van der Waals surface area contributed by atoms with E-state index in [1.54, 1.807) is 12.1 Å². The highest BCUT2D eigenvalue weighted by Crippen LogP contribution is 2.16. The minimum absolute atomic E-state index is 0.0926. The number of alkyl halides is 1. The Morgan fingerprint density at radius 2 is 1.95 bits per heavy atom. The number of hydrogen-bond donors (Lipinski definition) is 0. The molecule has 0 unspecified atom stereocenters. The van der Waals surface area contributed by atoms with Gasteiger partial charge in [-0.1, -0.05) is 17.7 Å². The molecule has 2 aromatic rings. The maximum atomic E-state index is 12.4. The van der Waals surface area contributed by atoms with E-state index < -0.39 is 22.5 Å². The average Bonchev–Trinajstić information content (AvgIpc) is 2.88. The molecule has 20 heavy (non-hydrogen) atoms. The minimum atomic E-state index is -3.82. The monoisotopic (exact) mass is 296 g/mol. The van der Waals surface area contributed by atoms with Crippen LogP contribution in [0, 0.1) is 6.92 Å². The quantitative estimate of drug-likeness (QED) is 0.838. The molecule has 0 aliphatic rings. The Labute approximate surface area is 116 Å². The van der Waals surface area contributed by atoms with Crippen LogP contribution in [0.3, 0.4) is 0 Å². The molecular weight excluding hydrogens is 283 g/mol. The van der Waals surface area contributed by atoms with E-state index in [9.17, 15) is 17.6 Å². The van der Waals surface area contributed by atoms with Crippen molar-refractivity contribution in [3.63, 3.8) is 0 Å². The molecule has 0 fully saturated rings. The van der Waals surface area contributed by atoms with E-state index in [1.165, 1.54) is 18.3 Å². The standard InChI is InChI=1S/C13H13FN2O3S/c1-10-2-4-13(5-3-10)20(18,19)16-9-15-8-11(16)6-12(17)7-14/h2-5,8-9H,6-7H2,1H3. The van der Waals surface area contributed by atoms with Crippen LogP contribution in [0.2, 0.25) is 0 Å². The van der Waals surface area contributed by atoms with Gasteiger partial charge in [-0.2, -0.15) is 0 Å². The van der Waals surface area contributed by atoms with Crippen molar-refractivity contribution < 1.29 is 17.6 Å². The molecule has 0 saturated carbocycles. The molecule has 0 spiro atoms. The number of aryl methyl sites for hydroxylation is 1. The molecule has 1 heterocycles. The number of imidazole rings is 1. The van der Waals surface area contributed by atoms with Crippen LogP contribution in [0.25, 0.3) is 0 Å². The Kier molecular flexibility index (Phi) is 3.99. The number of carbonyl (C=O) groups excluding carboxylic acids is 1. The fraction of sp³-hybridized carbons (Fsp3) is 0.231. The highest BCUT2D eigenvalue weighted by molar-refractivity contribution is 7.90. The summed E-state index contributed by atoms with van der Waals surface area (Å²) in [4.78, 5) is 14.9. The van der Waals surface area contributed by atoms with Crippen molar-refractivity contribution in [2.75, 3.05) is 6.67 Å². The summed E-state index contributed by atoms with van der Waals surface area (Å²) in [6, 6.07) is 6.31. The van der Waals surface area contributed by atoms with Crippen LogP contribution in [0.4, 0.5) is 4.39 Å². The number of Topliss-reactive ketones (excluding diaryl/α,β-unsaturated/α-hetero) is 1. The molecule has 1 aromatic heterocycles. The van der Waals surface area contributed by atoms with E-state index in [4.69, 9.17) is 0 Å². The molecule has 2 rings (SSSR count). The van der Waals surface area contributed by atoms with E-state index in [0.29, 0.717) is 0 Å². The third-order valence-electron chi connectivity index (χ3n) is 2.78. The summed E-state index contributed by atoms with van der Waals surface area (Å²) in [5.41, 5.74) is 1.08. The van der Waals surface area contributed by atoms with Gasteiger partial charge in [0.25, 0.3) is 10.0 Å². The van der Waals surface area contributed by atoms with Gasteiger partial charge in [0.1, 0.15) is 13.0 Å². The summed E-state index contributed by atoms with van der Waals surface area (Å²) in [6.07, 6.45) is 2.05. The first-order valence-corrected chi connectivity index (χ1v) is 7.30. The number of benzene rings is 1. The van der Waals surface area contributed by atoms with Crippen molar-refractivity contribution >= 4 is 15.8 Å². The van der Waals surface area contributed by atoms with Crippen LogP contribution in [0.1, 0.15) is 11.3 Å². The van der Waals surface area contributed by atoms with Crippen molar-refractivity contribution in [1.29, 1.82) is 0 Å². The lowest BCUT2D eigenvalue weighted by Gasteiger charge is -2.09. The van der Waals surface area contributed by atoms with E-state index in [2.05, 4.69) is 4.98 Å². The fourth-order valence-electron chi connectivity index (χ4n) is 1.72. The fourth-order valence-corrected chi connectivity index (χ4v) is 3.03. The maximum absolute atomic E-state index is 12.4. The smallest absolute Gasteiger partial charge is 0.269 e. The van der Waals surface area contributed by atoms with E-state index in [-0.39, 0.29) is 17.0 Å². The van der Waals surface area contributed by atoms with Crippen LogP contribution in [-0.4, -0.2) is 29.8 Å². The molecule has 0 atom stereocenters. The molecule has 7 heteroatoms. The summed E-state index contributed by atoms with van der Waals surface area (Å²) < 4.78 is 38.0. The lowest BCUT2D eigenvalue weighted by molar-refractivity contribution is -0.119. The third kappa shape index (κ3) is 2.77. The summed E-state index contributed by atoms with van der Waals surface area (Å²) in [6.45, 7) is 0.717. The second-order valence-corrected chi connectivity index (χ2v) is 6.16. The van der Waals surface area contributed by atoms with Crippen LogP contribution in [0.5, 0.6) is 0 Å². The molecular formula is C13H13FN2O3S. The van der Waals surface area contributed by atoms with Crippen molar-refractivity contribution in [2.45, 2.75) is 18.2 Å². The second kappa shape index (κ2) is 5.54. The molecule has 0 bridgehead atoms. The van der Waals surface area contributed by atoms with E-state index in [1.807, 2.05) is 6.92 Å². The molecule has 0 aliphatic carbocycles. The second-order valence-electron chi connectivity index (χ2n) is 4.35. The molecule has 106 valence electrons. The first-order valence-electron chi connectivity index (χ1n) is 5.86. The minimum Gasteiger partial charge on any atom is -0.296 e. The number of rotatable bonds is 5. The molecule has 0 radical (unpaired) electrons. The van der Waals surface area contributed by atoms with Crippen molar-refractivity contribution in [3.05, 3.63) is 48.0 Å². The van der Waals surface area contributed by atoms with Gasteiger partial charge in [-0.05, 0) is 19.1 Å². The molecule has 0 N–H and O–H groups in total. The number of ketones is 1. The average molecular weight is 296 g/mol. The Balaban J connectivity index is 2.42. The van der Waals surface area contributed by atoms with Crippen LogP contribution in [0.15, 0.2) is 41.7 Å². The Hall–Kier alpha value is -2.02. The highest BCUT2D eigenvalue weighted by Gasteiger charge is 2.20. The molecule has 0 aliphatic heterocycles. The zero-order valence-corrected chi connectivity index (χ0v) is 11.6. The van der Waals surface area contributed by atoms with Crippen molar-refractivity contribution in [1.82, 2.24) is 8.96 Å². The van der Waals surface area contributed by atoms with Crippen LogP contribution in [-0.2, 0) is 21.2 Å². The number of halogens is 1.